The normalized spacial score (nSPS) is 21.8. The molecule has 0 amide bonds. The molecule has 2 aliphatic rings. The van der Waals surface area contributed by atoms with Gasteiger partial charge in [-0.15, -0.1) is 0 Å². The number of nitrogens with zero attached hydrogens (tertiary/aromatic N) is 4. The van der Waals surface area contributed by atoms with Crippen LogP contribution in [0.15, 0.2) is 36.5 Å². The Kier molecular flexibility index (Phi) is 3.96. The van der Waals surface area contributed by atoms with Gasteiger partial charge in [-0.3, -0.25) is 0 Å². The topological polar surface area (TPSA) is 76.8 Å². The van der Waals surface area contributed by atoms with Gasteiger partial charge >= 0.3 is 0 Å². The zero-order valence-electron chi connectivity index (χ0n) is 15.9. The highest BCUT2D eigenvalue weighted by molar-refractivity contribution is 7.89. The van der Waals surface area contributed by atoms with Gasteiger partial charge in [-0.2, -0.15) is 9.40 Å². The maximum atomic E-state index is 12.6. The maximum absolute atomic E-state index is 12.6. The summed E-state index contributed by atoms with van der Waals surface area (Å²) in [6.07, 6.45) is 4.24. The van der Waals surface area contributed by atoms with Crippen molar-refractivity contribution in [1.82, 2.24) is 18.9 Å². The Morgan fingerprint density at radius 1 is 1.21 bits per heavy atom. The molecule has 4 heterocycles. The lowest BCUT2D eigenvalue weighted by atomic mass is 10.0. The number of sulfonamides is 1. The molecule has 7 nitrogen and oxygen atoms in total. The van der Waals surface area contributed by atoms with Gasteiger partial charge in [0, 0.05) is 35.9 Å². The largest absolute Gasteiger partial charge is 0.497 e. The summed E-state index contributed by atoms with van der Waals surface area (Å²) in [5, 5.41) is 4.80. The van der Waals surface area contributed by atoms with Crippen LogP contribution in [0.25, 0.3) is 16.9 Å². The van der Waals surface area contributed by atoms with Crippen molar-refractivity contribution in [2.24, 2.45) is 0 Å². The molecule has 1 aromatic carbocycles. The van der Waals surface area contributed by atoms with E-state index in [0.29, 0.717) is 6.42 Å². The van der Waals surface area contributed by atoms with Gasteiger partial charge in [-0.05, 0) is 44.0 Å². The van der Waals surface area contributed by atoms with Gasteiger partial charge in [0.1, 0.15) is 5.75 Å². The Hall–Kier alpha value is -2.45. The van der Waals surface area contributed by atoms with Crippen LogP contribution in [0.4, 0.5) is 0 Å². The number of hydrogen-bond acceptors (Lipinski definition) is 5. The van der Waals surface area contributed by atoms with Crippen LogP contribution in [-0.4, -0.2) is 46.2 Å². The summed E-state index contributed by atoms with van der Waals surface area (Å²) in [5.41, 5.74) is 4.70. The molecule has 2 bridgehead atoms. The highest BCUT2D eigenvalue weighted by Gasteiger charge is 2.46. The predicted molar refractivity (Wildman–Crippen MR) is 106 cm³/mol. The molecular formula is C20H22N4O3S. The third-order valence-electron chi connectivity index (χ3n) is 5.92. The first-order chi connectivity index (χ1) is 13.5. The van der Waals surface area contributed by atoms with Crippen LogP contribution in [0, 0.1) is 0 Å². The van der Waals surface area contributed by atoms with E-state index in [0.717, 1.165) is 46.8 Å². The Balaban J connectivity index is 1.60. The molecule has 1 fully saturated rings. The summed E-state index contributed by atoms with van der Waals surface area (Å²) >= 11 is 0. The van der Waals surface area contributed by atoms with Crippen molar-refractivity contribution in [3.8, 4) is 17.0 Å². The second-order valence-electron chi connectivity index (χ2n) is 7.37. The minimum absolute atomic E-state index is 0.0155. The van der Waals surface area contributed by atoms with Gasteiger partial charge in [0.05, 0.1) is 30.3 Å². The molecule has 5 rings (SSSR count). The third kappa shape index (κ3) is 2.55. The Morgan fingerprint density at radius 3 is 2.71 bits per heavy atom. The first-order valence-electron chi connectivity index (χ1n) is 9.55. The van der Waals surface area contributed by atoms with E-state index in [9.17, 15) is 8.42 Å². The summed E-state index contributed by atoms with van der Waals surface area (Å²) in [5.74, 6) is 0.936. The SMILES string of the molecule is CCS(=O)(=O)N1C2CCC1c1cnc3cc(-c4ccc(OC)cc4)nn3c1C2. The van der Waals surface area contributed by atoms with Crippen molar-refractivity contribution < 1.29 is 13.2 Å². The summed E-state index contributed by atoms with van der Waals surface area (Å²) in [6.45, 7) is 1.71. The van der Waals surface area contributed by atoms with Crippen LogP contribution in [0.3, 0.4) is 0 Å². The van der Waals surface area contributed by atoms with Crippen molar-refractivity contribution in [1.29, 1.82) is 0 Å². The van der Waals surface area contributed by atoms with Crippen molar-refractivity contribution in [2.75, 3.05) is 12.9 Å². The first-order valence-corrected chi connectivity index (χ1v) is 11.2. The van der Waals surface area contributed by atoms with Crippen molar-refractivity contribution in [2.45, 2.75) is 38.3 Å². The minimum atomic E-state index is -3.23. The van der Waals surface area contributed by atoms with Crippen LogP contribution >= 0.6 is 0 Å². The lowest BCUT2D eigenvalue weighted by molar-refractivity contribution is 0.298. The maximum Gasteiger partial charge on any atom is 0.214 e. The Bertz CT molecular complexity index is 1150. The molecule has 0 N–H and O–H groups in total. The molecule has 2 aromatic heterocycles. The second-order valence-corrected chi connectivity index (χ2v) is 9.53. The van der Waals surface area contributed by atoms with E-state index in [1.54, 1.807) is 18.3 Å². The van der Waals surface area contributed by atoms with Gasteiger partial charge in [0.25, 0.3) is 0 Å². The Morgan fingerprint density at radius 2 is 2.00 bits per heavy atom. The molecule has 2 aliphatic heterocycles. The number of methoxy groups -OCH3 is 1. The summed E-state index contributed by atoms with van der Waals surface area (Å²) in [7, 11) is -1.59. The van der Waals surface area contributed by atoms with Crippen LogP contribution < -0.4 is 4.74 Å². The summed E-state index contributed by atoms with van der Waals surface area (Å²) in [6, 6.07) is 9.65. The predicted octanol–water partition coefficient (Wildman–Crippen LogP) is 2.82. The highest BCUT2D eigenvalue weighted by atomic mass is 32.2. The van der Waals surface area contributed by atoms with E-state index in [1.807, 2.05) is 41.0 Å². The number of hydrogen-bond donors (Lipinski definition) is 0. The van der Waals surface area contributed by atoms with Gasteiger partial charge in [-0.1, -0.05) is 0 Å². The van der Waals surface area contributed by atoms with Gasteiger partial charge in [0.2, 0.25) is 10.0 Å². The van der Waals surface area contributed by atoms with Gasteiger partial charge in [0.15, 0.2) is 5.65 Å². The van der Waals surface area contributed by atoms with Crippen LogP contribution in [-0.2, 0) is 16.4 Å². The zero-order chi connectivity index (χ0) is 19.5. The molecular weight excluding hydrogens is 376 g/mol. The number of ether oxygens (including phenoxy) is 1. The van der Waals surface area contributed by atoms with Gasteiger partial charge in [-0.25, -0.2) is 17.9 Å². The minimum Gasteiger partial charge on any atom is -0.497 e. The fraction of sp³-hybridized carbons (Fsp3) is 0.400. The van der Waals surface area contributed by atoms with Crippen LogP contribution in [0.2, 0.25) is 0 Å². The monoisotopic (exact) mass is 398 g/mol. The van der Waals surface area contributed by atoms with E-state index < -0.39 is 10.0 Å². The van der Waals surface area contributed by atoms with E-state index in [1.165, 1.54) is 0 Å². The van der Waals surface area contributed by atoms with Crippen LogP contribution in [0.5, 0.6) is 5.75 Å². The smallest absolute Gasteiger partial charge is 0.214 e. The molecule has 8 heteroatoms. The molecule has 2 atom stereocenters. The zero-order valence-corrected chi connectivity index (χ0v) is 16.7. The molecule has 2 unspecified atom stereocenters. The molecule has 0 radical (unpaired) electrons. The third-order valence-corrected chi connectivity index (χ3v) is 7.84. The Labute approximate surface area is 164 Å². The fourth-order valence-electron chi connectivity index (χ4n) is 4.52. The van der Waals surface area contributed by atoms with E-state index >= 15 is 0 Å². The average Bonchev–Trinajstić information content (AvgIpc) is 3.30. The van der Waals surface area contributed by atoms with Crippen LogP contribution in [0.1, 0.15) is 37.1 Å². The highest BCUT2D eigenvalue weighted by Crippen LogP contribution is 2.45. The van der Waals surface area contributed by atoms with E-state index in [2.05, 4.69) is 4.98 Å². The lowest BCUT2D eigenvalue weighted by Gasteiger charge is -2.34. The van der Waals surface area contributed by atoms with Gasteiger partial charge < -0.3 is 4.74 Å². The van der Waals surface area contributed by atoms with Crippen molar-refractivity contribution in [3.63, 3.8) is 0 Å². The average molecular weight is 398 g/mol. The molecule has 0 saturated carbocycles. The summed E-state index contributed by atoms with van der Waals surface area (Å²) in [4.78, 5) is 4.59. The fourth-order valence-corrected chi connectivity index (χ4v) is 6.06. The number of fused-ring (bicyclic) bond motifs is 6. The number of rotatable bonds is 4. The van der Waals surface area contributed by atoms with Crippen molar-refractivity contribution >= 4 is 15.7 Å². The molecule has 0 aliphatic carbocycles. The standard InChI is InChI=1S/C20H22N4O3S/c1-3-28(25,26)24-14-6-9-18(24)16-12-21-20-11-17(22-23(20)19(16)10-14)13-4-7-15(27-2)8-5-13/h4-5,7-8,11-12,14,18H,3,6,9-10H2,1-2H3. The molecule has 146 valence electrons. The summed E-state index contributed by atoms with van der Waals surface area (Å²) < 4.78 is 34.0. The molecule has 0 spiro atoms. The quantitative estimate of drug-likeness (QED) is 0.675. The van der Waals surface area contributed by atoms with E-state index in [-0.39, 0.29) is 17.8 Å². The van der Waals surface area contributed by atoms with E-state index in [4.69, 9.17) is 9.84 Å². The first kappa shape index (κ1) is 17.6. The molecule has 3 aromatic rings. The molecule has 28 heavy (non-hydrogen) atoms. The second kappa shape index (κ2) is 6.28. The van der Waals surface area contributed by atoms with Crippen molar-refractivity contribution in [3.05, 3.63) is 47.8 Å². The number of aromatic nitrogens is 3. The lowest BCUT2D eigenvalue weighted by Crippen LogP contribution is -2.43. The number of benzene rings is 1. The molecule has 1 saturated heterocycles.